The van der Waals surface area contributed by atoms with Gasteiger partial charge in [0.15, 0.2) is 6.29 Å². The van der Waals surface area contributed by atoms with Crippen LogP contribution in [0, 0.1) is 0 Å². The largest absolute Gasteiger partial charge is 0.351 e. The third-order valence-corrected chi connectivity index (χ3v) is 3.24. The lowest BCUT2D eigenvalue weighted by Crippen LogP contribution is -2.23. The normalized spacial score (nSPS) is 12.8. The second-order valence-electron chi connectivity index (χ2n) is 5.24. The molecule has 1 N–H and O–H groups in total. The first-order chi connectivity index (χ1) is 9.31. The van der Waals surface area contributed by atoms with Gasteiger partial charge in [0.25, 0.3) is 0 Å². The van der Waals surface area contributed by atoms with Crippen LogP contribution in [0.2, 0.25) is 0 Å². The maximum absolute atomic E-state index is 5.53. The highest BCUT2D eigenvalue weighted by Gasteiger charge is 2.00. The topological polar surface area (TPSA) is 30.5 Å². The van der Waals surface area contributed by atoms with E-state index in [-0.39, 0.29) is 6.29 Å². The van der Waals surface area contributed by atoms with Gasteiger partial charge in [-0.05, 0) is 13.3 Å². The van der Waals surface area contributed by atoms with Crippen LogP contribution < -0.4 is 5.48 Å². The number of hydroxylamine groups is 1. The quantitative estimate of drug-likeness (QED) is 0.264. The van der Waals surface area contributed by atoms with Crippen LogP contribution in [-0.4, -0.2) is 19.4 Å². The predicted octanol–water partition coefficient (Wildman–Crippen LogP) is 4.81. The van der Waals surface area contributed by atoms with E-state index in [1.54, 1.807) is 0 Å². The van der Waals surface area contributed by atoms with Crippen LogP contribution in [-0.2, 0) is 9.57 Å². The molecule has 0 radical (unpaired) electrons. The molecule has 0 spiro atoms. The Morgan fingerprint density at radius 2 is 1.32 bits per heavy atom. The summed E-state index contributed by atoms with van der Waals surface area (Å²) in [6.07, 6.45) is 13.4. The molecule has 0 amide bonds. The Balaban J connectivity index is 3.02. The first kappa shape index (κ1) is 18.9. The third kappa shape index (κ3) is 15.8. The van der Waals surface area contributed by atoms with Crippen molar-refractivity contribution in [2.45, 2.75) is 91.3 Å². The van der Waals surface area contributed by atoms with Crippen LogP contribution in [0.5, 0.6) is 0 Å². The Morgan fingerprint density at radius 3 is 1.84 bits per heavy atom. The van der Waals surface area contributed by atoms with E-state index in [0.29, 0.717) is 0 Å². The summed E-state index contributed by atoms with van der Waals surface area (Å²) in [5.74, 6) is 0. The van der Waals surface area contributed by atoms with E-state index in [4.69, 9.17) is 9.57 Å². The second-order valence-corrected chi connectivity index (χ2v) is 5.24. The summed E-state index contributed by atoms with van der Waals surface area (Å²) in [5, 5.41) is 0. The highest BCUT2D eigenvalue weighted by molar-refractivity contribution is 4.47. The van der Waals surface area contributed by atoms with E-state index >= 15 is 0 Å². The molecular weight excluding hydrogens is 238 g/mol. The highest BCUT2D eigenvalue weighted by Crippen LogP contribution is 2.10. The number of ether oxygens (including phenoxy) is 1. The maximum atomic E-state index is 5.53. The van der Waals surface area contributed by atoms with Crippen LogP contribution in [0.3, 0.4) is 0 Å². The third-order valence-electron chi connectivity index (χ3n) is 3.24. The smallest absolute Gasteiger partial charge is 0.174 e. The Kier molecular flexibility index (Phi) is 15.8. The molecule has 0 aliphatic carbocycles. The van der Waals surface area contributed by atoms with Crippen LogP contribution in [0.4, 0.5) is 0 Å². The molecule has 19 heavy (non-hydrogen) atoms. The van der Waals surface area contributed by atoms with E-state index in [9.17, 15) is 0 Å². The van der Waals surface area contributed by atoms with E-state index in [1.807, 2.05) is 13.8 Å². The Labute approximate surface area is 120 Å². The molecule has 0 bridgehead atoms. The van der Waals surface area contributed by atoms with Gasteiger partial charge in [-0.25, -0.2) is 0 Å². The highest BCUT2D eigenvalue weighted by atomic mass is 16.8. The number of hydrogen-bond acceptors (Lipinski definition) is 3. The van der Waals surface area contributed by atoms with Crippen molar-refractivity contribution in [3.8, 4) is 0 Å². The van der Waals surface area contributed by atoms with Crippen molar-refractivity contribution in [3.63, 3.8) is 0 Å². The van der Waals surface area contributed by atoms with Gasteiger partial charge in [-0.3, -0.25) is 4.84 Å². The standard InChI is InChI=1S/C16H35NO2/c1-4-6-7-8-9-10-11-12-13-14-15-18-16(3)19-17-5-2/h16-17H,4-15H2,1-3H3. The van der Waals surface area contributed by atoms with Gasteiger partial charge in [0, 0.05) is 13.2 Å². The van der Waals surface area contributed by atoms with E-state index < -0.39 is 0 Å². The summed E-state index contributed by atoms with van der Waals surface area (Å²) in [6, 6.07) is 0. The summed E-state index contributed by atoms with van der Waals surface area (Å²) in [4.78, 5) is 5.21. The van der Waals surface area contributed by atoms with E-state index in [1.165, 1.54) is 57.8 Å². The molecule has 0 aromatic carbocycles. The molecule has 0 aliphatic rings. The fourth-order valence-electron chi connectivity index (χ4n) is 2.07. The average molecular weight is 273 g/mol. The van der Waals surface area contributed by atoms with Gasteiger partial charge in [-0.1, -0.05) is 71.6 Å². The summed E-state index contributed by atoms with van der Waals surface area (Å²) >= 11 is 0. The van der Waals surface area contributed by atoms with Crippen molar-refractivity contribution in [1.82, 2.24) is 5.48 Å². The average Bonchev–Trinajstić information content (AvgIpc) is 2.42. The summed E-state index contributed by atoms with van der Waals surface area (Å²) < 4.78 is 5.53. The lowest BCUT2D eigenvalue weighted by Gasteiger charge is -2.13. The Bertz CT molecular complexity index is 165. The molecule has 116 valence electrons. The minimum absolute atomic E-state index is 0.140. The van der Waals surface area contributed by atoms with Crippen molar-refractivity contribution in [3.05, 3.63) is 0 Å². The Morgan fingerprint density at radius 1 is 0.789 bits per heavy atom. The fourth-order valence-corrected chi connectivity index (χ4v) is 2.07. The number of unbranched alkanes of at least 4 members (excludes halogenated alkanes) is 9. The van der Waals surface area contributed by atoms with Gasteiger partial charge in [-0.15, -0.1) is 0 Å². The minimum Gasteiger partial charge on any atom is -0.351 e. The molecule has 0 aliphatic heterocycles. The zero-order valence-corrected chi connectivity index (χ0v) is 13.4. The molecular formula is C16H35NO2. The van der Waals surface area contributed by atoms with E-state index in [0.717, 1.165) is 19.6 Å². The van der Waals surface area contributed by atoms with Crippen molar-refractivity contribution < 1.29 is 9.57 Å². The van der Waals surface area contributed by atoms with Crippen molar-refractivity contribution in [2.24, 2.45) is 0 Å². The minimum atomic E-state index is -0.140. The van der Waals surface area contributed by atoms with Crippen LogP contribution in [0.1, 0.15) is 85.0 Å². The molecule has 1 unspecified atom stereocenters. The summed E-state index contributed by atoms with van der Waals surface area (Å²) in [7, 11) is 0. The molecule has 0 rings (SSSR count). The van der Waals surface area contributed by atoms with Gasteiger partial charge in [0.2, 0.25) is 0 Å². The van der Waals surface area contributed by atoms with Gasteiger partial charge in [-0.2, -0.15) is 5.48 Å². The van der Waals surface area contributed by atoms with Gasteiger partial charge < -0.3 is 4.74 Å². The molecule has 3 nitrogen and oxygen atoms in total. The predicted molar refractivity (Wildman–Crippen MR) is 82.0 cm³/mol. The Hall–Kier alpha value is -0.120. The van der Waals surface area contributed by atoms with Crippen LogP contribution >= 0.6 is 0 Å². The van der Waals surface area contributed by atoms with Crippen LogP contribution in [0.15, 0.2) is 0 Å². The van der Waals surface area contributed by atoms with Crippen molar-refractivity contribution >= 4 is 0 Å². The van der Waals surface area contributed by atoms with Gasteiger partial charge in [0.1, 0.15) is 0 Å². The zero-order valence-electron chi connectivity index (χ0n) is 13.4. The van der Waals surface area contributed by atoms with Crippen molar-refractivity contribution in [2.75, 3.05) is 13.2 Å². The molecule has 0 heterocycles. The number of nitrogens with one attached hydrogen (secondary N) is 1. The first-order valence-electron chi connectivity index (χ1n) is 8.31. The molecule has 0 saturated carbocycles. The molecule has 3 heteroatoms. The monoisotopic (exact) mass is 273 g/mol. The van der Waals surface area contributed by atoms with E-state index in [2.05, 4.69) is 12.4 Å². The maximum Gasteiger partial charge on any atom is 0.174 e. The molecule has 0 saturated heterocycles. The molecule has 0 aromatic heterocycles. The first-order valence-corrected chi connectivity index (χ1v) is 8.31. The van der Waals surface area contributed by atoms with Gasteiger partial charge >= 0.3 is 0 Å². The van der Waals surface area contributed by atoms with Gasteiger partial charge in [0.05, 0.1) is 0 Å². The SMILES string of the molecule is CCCCCCCCCCCCOC(C)ONCC. The lowest BCUT2D eigenvalue weighted by molar-refractivity contribution is -0.168. The summed E-state index contributed by atoms with van der Waals surface area (Å²) in [6.45, 7) is 7.83. The van der Waals surface area contributed by atoms with Crippen LogP contribution in [0.25, 0.3) is 0 Å². The molecule has 1 atom stereocenters. The van der Waals surface area contributed by atoms with Crippen molar-refractivity contribution in [1.29, 1.82) is 0 Å². The molecule has 0 aromatic rings. The summed E-state index contributed by atoms with van der Waals surface area (Å²) in [5.41, 5.74) is 2.81. The number of rotatable bonds is 15. The fraction of sp³-hybridized carbons (Fsp3) is 1.00. The molecule has 0 fully saturated rings. The zero-order chi connectivity index (χ0) is 14.2. The second kappa shape index (κ2) is 15.9. The lowest BCUT2D eigenvalue weighted by atomic mass is 10.1. The number of hydrogen-bond donors (Lipinski definition) is 1.